The summed E-state index contributed by atoms with van der Waals surface area (Å²) in [5, 5.41) is -0.646. The van der Waals surface area contributed by atoms with Crippen LogP contribution in [-0.4, -0.2) is 27.9 Å². The average Bonchev–Trinajstić information content (AvgIpc) is 2.78. The van der Waals surface area contributed by atoms with Gasteiger partial charge in [-0.2, -0.15) is 0 Å². The van der Waals surface area contributed by atoms with Gasteiger partial charge in [-0.3, -0.25) is 4.79 Å². The Kier molecular flexibility index (Phi) is 10.6. The van der Waals surface area contributed by atoms with Crippen LogP contribution in [0, 0.1) is 5.92 Å². The van der Waals surface area contributed by atoms with Gasteiger partial charge >= 0.3 is 12.0 Å². The number of benzene rings is 1. The summed E-state index contributed by atoms with van der Waals surface area (Å²) in [5.41, 5.74) is 1.80. The number of rotatable bonds is 13. The fourth-order valence-corrected chi connectivity index (χ4v) is 3.14. The molecule has 0 saturated heterocycles. The summed E-state index contributed by atoms with van der Waals surface area (Å²) in [5.74, 6) is 0.115. The van der Waals surface area contributed by atoms with Crippen molar-refractivity contribution >= 4 is 17.6 Å². The van der Waals surface area contributed by atoms with Crippen LogP contribution in [0.5, 0.6) is 11.8 Å². The number of unbranched alkanes of at least 4 members (excludes halogenated alkanes) is 5. The van der Waals surface area contributed by atoms with Crippen LogP contribution in [0.1, 0.15) is 65.7 Å². The van der Waals surface area contributed by atoms with E-state index in [1.54, 1.807) is 24.5 Å². The van der Waals surface area contributed by atoms with Crippen LogP contribution in [-0.2, 0) is 4.79 Å². The topological polar surface area (TPSA) is 61.3 Å². The van der Waals surface area contributed by atoms with Crippen LogP contribution in [0.4, 0.5) is 0 Å². The summed E-state index contributed by atoms with van der Waals surface area (Å²) in [6.07, 6.45) is 11.6. The number of carbonyl (C=O) groups excluding carboxylic acids is 1. The Bertz CT molecular complexity index is 750. The molecule has 1 heterocycles. The van der Waals surface area contributed by atoms with Crippen molar-refractivity contribution in [1.82, 2.24) is 9.97 Å². The quantitative estimate of drug-likeness (QED) is 0.158. The number of halogens is 1. The molecule has 0 spiro atoms. The van der Waals surface area contributed by atoms with E-state index in [4.69, 9.17) is 21.1 Å². The predicted molar refractivity (Wildman–Crippen MR) is 121 cm³/mol. The van der Waals surface area contributed by atoms with Gasteiger partial charge in [-0.1, -0.05) is 71.4 Å². The number of alkyl halides is 1. The largest absolute Gasteiger partial charge is 0.463 e. The van der Waals surface area contributed by atoms with E-state index in [0.717, 1.165) is 24.0 Å². The molecule has 0 saturated carbocycles. The molecule has 0 aliphatic carbocycles. The Balaban J connectivity index is 1.81. The minimum atomic E-state index is -0.646. The molecule has 2 rings (SSSR count). The molecule has 0 radical (unpaired) electrons. The third-order valence-electron chi connectivity index (χ3n) is 5.13. The molecular weight excluding hydrogens is 400 g/mol. The van der Waals surface area contributed by atoms with Crippen LogP contribution in [0.2, 0.25) is 0 Å². The van der Waals surface area contributed by atoms with Gasteiger partial charge in [-0.05, 0) is 30.0 Å². The molecule has 30 heavy (non-hydrogen) atoms. The maximum atomic E-state index is 12.1. The molecule has 0 amide bonds. The third-order valence-corrected chi connectivity index (χ3v) is 5.74. The monoisotopic (exact) mass is 432 g/mol. The number of aromatic nitrogens is 2. The maximum Gasteiger partial charge on any atom is 0.329 e. The van der Waals surface area contributed by atoms with Gasteiger partial charge in [0.15, 0.2) is 0 Å². The fourth-order valence-electron chi connectivity index (χ4n) is 2.91. The highest BCUT2D eigenvalue weighted by Crippen LogP contribution is 2.23. The lowest BCUT2D eigenvalue weighted by atomic mass is 10.1. The van der Waals surface area contributed by atoms with Crippen molar-refractivity contribution in [1.29, 1.82) is 0 Å². The van der Waals surface area contributed by atoms with Crippen LogP contribution in [0.15, 0.2) is 36.7 Å². The van der Waals surface area contributed by atoms with Crippen LogP contribution >= 0.6 is 11.6 Å². The first kappa shape index (κ1) is 24.1. The molecule has 0 bridgehead atoms. The second-order valence-corrected chi connectivity index (χ2v) is 8.07. The van der Waals surface area contributed by atoms with Crippen LogP contribution < -0.4 is 9.47 Å². The zero-order valence-corrected chi connectivity index (χ0v) is 19.0. The van der Waals surface area contributed by atoms with E-state index < -0.39 is 11.3 Å². The van der Waals surface area contributed by atoms with E-state index in [-0.39, 0.29) is 5.92 Å². The summed E-state index contributed by atoms with van der Waals surface area (Å²) in [7, 11) is 0. The number of hydrogen-bond acceptors (Lipinski definition) is 5. The highest BCUT2D eigenvalue weighted by molar-refractivity contribution is 6.30. The standard InChI is InChI=1S/C24H33ClN2O3/c1-4-6-7-8-9-10-15-29-24-26-16-20(17-27-24)19-11-13-21(14-12-19)30-23(28)22(25)18(3)5-2/h11-14,16-18,22H,4-10,15H2,1-3H3/t18?,22-/m0/s1. The van der Waals surface area contributed by atoms with Gasteiger partial charge in [0.25, 0.3) is 0 Å². The third kappa shape index (κ3) is 7.94. The minimum Gasteiger partial charge on any atom is -0.463 e. The van der Waals surface area contributed by atoms with E-state index >= 15 is 0 Å². The first-order valence-electron chi connectivity index (χ1n) is 11.0. The van der Waals surface area contributed by atoms with Crippen molar-refractivity contribution < 1.29 is 14.3 Å². The molecule has 0 aliphatic heterocycles. The van der Waals surface area contributed by atoms with Gasteiger partial charge < -0.3 is 9.47 Å². The molecule has 0 fully saturated rings. The van der Waals surface area contributed by atoms with Crippen molar-refractivity contribution in [2.45, 2.75) is 71.1 Å². The maximum absolute atomic E-state index is 12.1. The van der Waals surface area contributed by atoms with Crippen LogP contribution in [0.25, 0.3) is 11.1 Å². The Labute approximate surface area is 185 Å². The van der Waals surface area contributed by atoms with E-state index in [0.29, 0.717) is 18.4 Å². The first-order valence-corrected chi connectivity index (χ1v) is 11.4. The van der Waals surface area contributed by atoms with Crippen molar-refractivity contribution in [2.24, 2.45) is 5.92 Å². The zero-order valence-electron chi connectivity index (χ0n) is 18.3. The highest BCUT2D eigenvalue weighted by Gasteiger charge is 2.23. The lowest BCUT2D eigenvalue weighted by Gasteiger charge is -2.15. The van der Waals surface area contributed by atoms with Crippen molar-refractivity contribution in [3.8, 4) is 22.9 Å². The molecule has 6 heteroatoms. The van der Waals surface area contributed by atoms with E-state index in [1.807, 2.05) is 26.0 Å². The molecule has 2 aromatic rings. The molecule has 1 unspecified atom stereocenters. The van der Waals surface area contributed by atoms with Gasteiger partial charge in [0.05, 0.1) is 6.61 Å². The number of esters is 1. The summed E-state index contributed by atoms with van der Waals surface area (Å²) in [4.78, 5) is 20.7. The average molecular weight is 433 g/mol. The van der Waals surface area contributed by atoms with Crippen molar-refractivity contribution in [3.63, 3.8) is 0 Å². The summed E-state index contributed by atoms with van der Waals surface area (Å²) < 4.78 is 11.0. The van der Waals surface area contributed by atoms with Gasteiger partial charge in [0.2, 0.25) is 0 Å². The molecule has 0 N–H and O–H groups in total. The predicted octanol–water partition coefficient (Wildman–Crippen LogP) is 6.44. The smallest absolute Gasteiger partial charge is 0.329 e. The Morgan fingerprint density at radius 2 is 1.60 bits per heavy atom. The molecule has 1 aromatic heterocycles. The molecule has 5 nitrogen and oxygen atoms in total. The second kappa shape index (κ2) is 13.2. The van der Waals surface area contributed by atoms with Crippen LogP contribution in [0.3, 0.4) is 0 Å². The summed E-state index contributed by atoms with van der Waals surface area (Å²) in [6.45, 7) is 6.79. The molecular formula is C24H33ClN2O3. The van der Waals surface area contributed by atoms with Gasteiger partial charge in [-0.25, -0.2) is 9.97 Å². The Morgan fingerprint density at radius 3 is 2.23 bits per heavy atom. The van der Waals surface area contributed by atoms with Crippen molar-refractivity contribution in [3.05, 3.63) is 36.7 Å². The van der Waals surface area contributed by atoms with Gasteiger partial charge in [0, 0.05) is 18.0 Å². The Hall–Kier alpha value is -2.14. The van der Waals surface area contributed by atoms with E-state index in [2.05, 4.69) is 16.9 Å². The zero-order chi connectivity index (χ0) is 21.8. The SMILES string of the molecule is CCCCCCCCOc1ncc(-c2ccc(OC(=O)[C@@H](Cl)C(C)CC)cc2)cn1. The first-order chi connectivity index (χ1) is 14.5. The Morgan fingerprint density at radius 1 is 0.967 bits per heavy atom. The number of carbonyl (C=O) groups is 1. The number of hydrogen-bond donors (Lipinski definition) is 0. The fraction of sp³-hybridized carbons (Fsp3) is 0.542. The molecule has 1 aromatic carbocycles. The minimum absolute atomic E-state index is 0.0670. The number of ether oxygens (including phenoxy) is 2. The summed E-state index contributed by atoms with van der Waals surface area (Å²) >= 11 is 6.14. The molecule has 0 aliphatic rings. The van der Waals surface area contributed by atoms with Gasteiger partial charge in [-0.15, -0.1) is 11.6 Å². The highest BCUT2D eigenvalue weighted by atomic mass is 35.5. The molecule has 164 valence electrons. The second-order valence-electron chi connectivity index (χ2n) is 7.60. The van der Waals surface area contributed by atoms with E-state index in [9.17, 15) is 4.79 Å². The molecule has 2 atom stereocenters. The lowest BCUT2D eigenvalue weighted by Crippen LogP contribution is -2.26. The van der Waals surface area contributed by atoms with E-state index in [1.165, 1.54) is 32.1 Å². The lowest BCUT2D eigenvalue weighted by molar-refractivity contribution is -0.134. The summed E-state index contributed by atoms with van der Waals surface area (Å²) in [6, 6.07) is 7.62. The normalized spacial score (nSPS) is 12.9. The number of nitrogens with zero attached hydrogens (tertiary/aromatic N) is 2. The van der Waals surface area contributed by atoms with Crippen molar-refractivity contribution in [2.75, 3.05) is 6.61 Å². The van der Waals surface area contributed by atoms with Gasteiger partial charge in [0.1, 0.15) is 11.1 Å².